The summed E-state index contributed by atoms with van der Waals surface area (Å²) in [4.78, 5) is 4.95. The molecule has 0 saturated heterocycles. The second-order valence-corrected chi connectivity index (χ2v) is 5.90. The Morgan fingerprint density at radius 3 is 2.24 bits per heavy atom. The number of nitrogen functional groups attached to an aromatic ring is 1. The predicted molar refractivity (Wildman–Crippen MR) is 91.7 cm³/mol. The minimum absolute atomic E-state index is 0.0221. The summed E-state index contributed by atoms with van der Waals surface area (Å²) < 4.78 is 0. The first-order valence-corrected chi connectivity index (χ1v) is 7.50. The van der Waals surface area contributed by atoms with Crippen molar-refractivity contribution in [1.82, 2.24) is 0 Å². The third-order valence-corrected chi connectivity index (χ3v) is 3.46. The van der Waals surface area contributed by atoms with Gasteiger partial charge in [0.15, 0.2) is 0 Å². The second-order valence-electron chi connectivity index (χ2n) is 5.90. The van der Waals surface area contributed by atoms with Crippen molar-refractivity contribution in [2.24, 2.45) is 10.9 Å². The van der Waals surface area contributed by atoms with E-state index in [-0.39, 0.29) is 6.04 Å². The Labute approximate surface area is 127 Å². The molecule has 2 aromatic rings. The molecule has 0 radical (unpaired) electrons. The van der Waals surface area contributed by atoms with Gasteiger partial charge in [0.05, 0.1) is 0 Å². The van der Waals surface area contributed by atoms with Gasteiger partial charge in [-0.05, 0) is 30.9 Å². The number of hydrogen-bond acceptors (Lipinski definition) is 2. The van der Waals surface area contributed by atoms with Gasteiger partial charge in [0.25, 0.3) is 0 Å². The molecular formula is C19H24N2. The van der Waals surface area contributed by atoms with Crippen LogP contribution in [-0.4, -0.2) is 5.71 Å². The zero-order valence-electron chi connectivity index (χ0n) is 13.1. The highest BCUT2D eigenvalue weighted by Gasteiger charge is 2.15. The average molecular weight is 280 g/mol. The van der Waals surface area contributed by atoms with E-state index in [1.807, 2.05) is 24.3 Å². The van der Waals surface area contributed by atoms with Crippen LogP contribution in [0.4, 0.5) is 5.69 Å². The highest BCUT2D eigenvalue weighted by atomic mass is 14.8. The fourth-order valence-corrected chi connectivity index (χ4v) is 2.58. The monoisotopic (exact) mass is 280 g/mol. The number of aliphatic imine (C=N–C) groups is 1. The SMILES string of the molecule is CC(CC(C)C)=NC(c1ccccc1)c1ccccc1N. The maximum absolute atomic E-state index is 6.17. The summed E-state index contributed by atoms with van der Waals surface area (Å²) in [6, 6.07) is 18.3. The van der Waals surface area contributed by atoms with Crippen molar-refractivity contribution in [1.29, 1.82) is 0 Å². The first-order chi connectivity index (χ1) is 10.1. The second kappa shape index (κ2) is 7.07. The molecule has 2 aromatic carbocycles. The zero-order chi connectivity index (χ0) is 15.2. The van der Waals surface area contributed by atoms with Crippen LogP contribution in [0.25, 0.3) is 0 Å². The molecular weight excluding hydrogens is 256 g/mol. The molecule has 0 bridgehead atoms. The van der Waals surface area contributed by atoms with Crippen LogP contribution in [0.5, 0.6) is 0 Å². The van der Waals surface area contributed by atoms with Crippen molar-refractivity contribution in [3.8, 4) is 0 Å². The van der Waals surface area contributed by atoms with E-state index in [0.717, 1.165) is 17.7 Å². The van der Waals surface area contributed by atoms with E-state index in [1.165, 1.54) is 11.3 Å². The highest BCUT2D eigenvalue weighted by molar-refractivity contribution is 5.82. The molecule has 1 atom stereocenters. The quantitative estimate of drug-likeness (QED) is 0.616. The molecule has 21 heavy (non-hydrogen) atoms. The minimum atomic E-state index is -0.0221. The Hall–Kier alpha value is -2.09. The Kier molecular flexibility index (Phi) is 5.15. The van der Waals surface area contributed by atoms with E-state index in [2.05, 4.69) is 51.1 Å². The summed E-state index contributed by atoms with van der Waals surface area (Å²) in [5, 5.41) is 0. The third-order valence-electron chi connectivity index (χ3n) is 3.46. The molecule has 0 amide bonds. The molecule has 0 aliphatic rings. The lowest BCUT2D eigenvalue weighted by molar-refractivity contribution is 0.677. The number of hydrogen-bond donors (Lipinski definition) is 1. The van der Waals surface area contributed by atoms with Gasteiger partial charge in [-0.2, -0.15) is 0 Å². The van der Waals surface area contributed by atoms with Crippen LogP contribution in [0.2, 0.25) is 0 Å². The van der Waals surface area contributed by atoms with Gasteiger partial charge in [0.1, 0.15) is 6.04 Å². The smallest absolute Gasteiger partial charge is 0.102 e. The van der Waals surface area contributed by atoms with Gasteiger partial charge in [-0.3, -0.25) is 4.99 Å². The molecule has 0 saturated carbocycles. The summed E-state index contributed by atoms with van der Waals surface area (Å²) in [7, 11) is 0. The maximum atomic E-state index is 6.17. The molecule has 2 heteroatoms. The third kappa shape index (κ3) is 4.19. The van der Waals surface area contributed by atoms with Gasteiger partial charge in [-0.25, -0.2) is 0 Å². The van der Waals surface area contributed by atoms with E-state index in [0.29, 0.717) is 5.92 Å². The molecule has 0 fully saturated rings. The number of rotatable bonds is 5. The fourth-order valence-electron chi connectivity index (χ4n) is 2.58. The normalized spacial score (nSPS) is 13.4. The van der Waals surface area contributed by atoms with Crippen LogP contribution >= 0.6 is 0 Å². The van der Waals surface area contributed by atoms with Crippen molar-refractivity contribution in [3.63, 3.8) is 0 Å². The Bertz CT molecular complexity index is 600. The van der Waals surface area contributed by atoms with Gasteiger partial charge in [-0.1, -0.05) is 62.4 Å². The summed E-state index contributed by atoms with van der Waals surface area (Å²) in [5.41, 5.74) is 10.4. The molecule has 0 aliphatic heterocycles. The topological polar surface area (TPSA) is 38.4 Å². The number of para-hydroxylation sites is 1. The summed E-state index contributed by atoms with van der Waals surface area (Å²) in [6.45, 7) is 6.54. The molecule has 2 rings (SSSR count). The van der Waals surface area contributed by atoms with Crippen LogP contribution in [0.3, 0.4) is 0 Å². The van der Waals surface area contributed by atoms with Crippen LogP contribution in [0.1, 0.15) is 44.4 Å². The van der Waals surface area contributed by atoms with Crippen molar-refractivity contribution in [3.05, 3.63) is 65.7 Å². The van der Waals surface area contributed by atoms with Crippen LogP contribution in [0, 0.1) is 5.92 Å². The van der Waals surface area contributed by atoms with Crippen molar-refractivity contribution in [2.45, 2.75) is 33.2 Å². The molecule has 0 spiro atoms. The van der Waals surface area contributed by atoms with Gasteiger partial charge in [0.2, 0.25) is 0 Å². The molecule has 1 unspecified atom stereocenters. The number of benzene rings is 2. The lowest BCUT2D eigenvalue weighted by atomic mass is 9.97. The molecule has 0 aromatic heterocycles. The molecule has 2 nitrogen and oxygen atoms in total. The van der Waals surface area contributed by atoms with E-state index in [4.69, 9.17) is 10.7 Å². The van der Waals surface area contributed by atoms with Gasteiger partial charge >= 0.3 is 0 Å². The van der Waals surface area contributed by atoms with Crippen LogP contribution in [0.15, 0.2) is 59.6 Å². The van der Waals surface area contributed by atoms with E-state index in [1.54, 1.807) is 0 Å². The maximum Gasteiger partial charge on any atom is 0.102 e. The number of anilines is 1. The predicted octanol–water partition coefficient (Wildman–Crippen LogP) is 4.87. The highest BCUT2D eigenvalue weighted by Crippen LogP contribution is 2.30. The zero-order valence-corrected chi connectivity index (χ0v) is 13.1. The first kappa shape index (κ1) is 15.3. The Morgan fingerprint density at radius 2 is 1.62 bits per heavy atom. The van der Waals surface area contributed by atoms with Crippen molar-refractivity contribution >= 4 is 11.4 Å². The number of nitrogens with zero attached hydrogens (tertiary/aromatic N) is 1. The molecule has 0 heterocycles. The largest absolute Gasteiger partial charge is 0.398 e. The standard InChI is InChI=1S/C19H24N2/c1-14(2)13-15(3)21-19(16-9-5-4-6-10-16)17-11-7-8-12-18(17)20/h4-12,14,19H,13,20H2,1-3H3. The summed E-state index contributed by atoms with van der Waals surface area (Å²) in [5.74, 6) is 0.610. The van der Waals surface area contributed by atoms with Gasteiger partial charge < -0.3 is 5.73 Å². The Morgan fingerprint density at radius 1 is 1.00 bits per heavy atom. The molecule has 2 N–H and O–H groups in total. The van der Waals surface area contributed by atoms with E-state index < -0.39 is 0 Å². The molecule has 0 aliphatic carbocycles. The van der Waals surface area contributed by atoms with Gasteiger partial charge in [0, 0.05) is 17.0 Å². The molecule has 110 valence electrons. The summed E-state index contributed by atoms with van der Waals surface area (Å²) >= 11 is 0. The average Bonchev–Trinajstić information content (AvgIpc) is 2.46. The van der Waals surface area contributed by atoms with Crippen LogP contribution in [-0.2, 0) is 0 Å². The fraction of sp³-hybridized carbons (Fsp3) is 0.316. The van der Waals surface area contributed by atoms with Gasteiger partial charge in [-0.15, -0.1) is 0 Å². The van der Waals surface area contributed by atoms with Crippen LogP contribution < -0.4 is 5.73 Å². The minimum Gasteiger partial charge on any atom is -0.398 e. The first-order valence-electron chi connectivity index (χ1n) is 7.50. The van der Waals surface area contributed by atoms with Crippen molar-refractivity contribution < 1.29 is 0 Å². The van der Waals surface area contributed by atoms with E-state index >= 15 is 0 Å². The Balaban J connectivity index is 2.43. The number of nitrogens with two attached hydrogens (primary N) is 1. The van der Waals surface area contributed by atoms with E-state index in [9.17, 15) is 0 Å². The summed E-state index contributed by atoms with van der Waals surface area (Å²) in [6.07, 6.45) is 1.01. The lowest BCUT2D eigenvalue weighted by Crippen LogP contribution is -2.06. The van der Waals surface area contributed by atoms with Crippen molar-refractivity contribution in [2.75, 3.05) is 5.73 Å². The lowest BCUT2D eigenvalue weighted by Gasteiger charge is -2.17.